The fourth-order valence-electron chi connectivity index (χ4n) is 3.31. The SMILES string of the molecule is C#CCSc1nc(N2CCN(Cc3ccccc3)CC2)c2ccncc2n1. The molecule has 2 aromatic heterocycles. The van der Waals surface area contributed by atoms with Gasteiger partial charge in [-0.15, -0.1) is 6.42 Å². The summed E-state index contributed by atoms with van der Waals surface area (Å²) in [6, 6.07) is 12.6. The number of thioether (sulfide) groups is 1. The lowest BCUT2D eigenvalue weighted by Crippen LogP contribution is -2.46. The zero-order chi connectivity index (χ0) is 18.5. The summed E-state index contributed by atoms with van der Waals surface area (Å²) in [5, 5.41) is 1.77. The normalized spacial score (nSPS) is 15.0. The molecule has 27 heavy (non-hydrogen) atoms. The first-order valence-electron chi connectivity index (χ1n) is 9.03. The van der Waals surface area contributed by atoms with Gasteiger partial charge in [-0.05, 0) is 11.6 Å². The third-order valence-electron chi connectivity index (χ3n) is 4.66. The molecule has 3 heterocycles. The van der Waals surface area contributed by atoms with Crippen molar-refractivity contribution in [3.63, 3.8) is 0 Å². The minimum atomic E-state index is 0.566. The monoisotopic (exact) mass is 375 g/mol. The van der Waals surface area contributed by atoms with Crippen molar-refractivity contribution in [3.8, 4) is 12.3 Å². The van der Waals surface area contributed by atoms with Gasteiger partial charge in [-0.3, -0.25) is 9.88 Å². The molecule has 1 saturated heterocycles. The predicted octanol–water partition coefficient (Wildman–Crippen LogP) is 3.07. The van der Waals surface area contributed by atoms with E-state index in [1.807, 2.05) is 6.07 Å². The molecule has 5 nitrogen and oxygen atoms in total. The van der Waals surface area contributed by atoms with Crippen molar-refractivity contribution in [2.75, 3.05) is 36.8 Å². The van der Waals surface area contributed by atoms with E-state index in [4.69, 9.17) is 11.4 Å². The van der Waals surface area contributed by atoms with Gasteiger partial charge in [-0.1, -0.05) is 48.0 Å². The van der Waals surface area contributed by atoms with Gasteiger partial charge in [0.25, 0.3) is 0 Å². The molecule has 0 radical (unpaired) electrons. The molecule has 0 spiro atoms. The van der Waals surface area contributed by atoms with Gasteiger partial charge in [-0.25, -0.2) is 9.97 Å². The first kappa shape index (κ1) is 17.8. The van der Waals surface area contributed by atoms with Gasteiger partial charge in [-0.2, -0.15) is 0 Å². The van der Waals surface area contributed by atoms with Crippen LogP contribution in [0.25, 0.3) is 10.9 Å². The van der Waals surface area contributed by atoms with E-state index in [1.165, 1.54) is 17.3 Å². The van der Waals surface area contributed by atoms with Crippen molar-refractivity contribution in [2.45, 2.75) is 11.7 Å². The van der Waals surface area contributed by atoms with Gasteiger partial charge >= 0.3 is 0 Å². The molecule has 0 amide bonds. The Labute approximate surface area is 163 Å². The molecule has 1 aliphatic rings. The predicted molar refractivity (Wildman–Crippen MR) is 111 cm³/mol. The number of hydrogen-bond donors (Lipinski definition) is 0. The second kappa shape index (κ2) is 8.38. The molecule has 1 fully saturated rings. The van der Waals surface area contributed by atoms with Gasteiger partial charge in [0.2, 0.25) is 0 Å². The summed E-state index contributed by atoms with van der Waals surface area (Å²) in [7, 11) is 0. The highest BCUT2D eigenvalue weighted by atomic mass is 32.2. The minimum Gasteiger partial charge on any atom is -0.353 e. The quantitative estimate of drug-likeness (QED) is 0.388. The molecular weight excluding hydrogens is 354 g/mol. The number of pyridine rings is 1. The number of hydrogen-bond acceptors (Lipinski definition) is 6. The Morgan fingerprint density at radius 1 is 1.04 bits per heavy atom. The first-order chi connectivity index (χ1) is 13.3. The summed E-state index contributed by atoms with van der Waals surface area (Å²) in [5.41, 5.74) is 2.23. The van der Waals surface area contributed by atoms with Crippen molar-refractivity contribution in [1.29, 1.82) is 0 Å². The molecule has 0 aliphatic carbocycles. The third kappa shape index (κ3) is 4.21. The summed E-state index contributed by atoms with van der Waals surface area (Å²) in [5.74, 6) is 4.19. The number of benzene rings is 1. The largest absolute Gasteiger partial charge is 0.353 e. The highest BCUT2D eigenvalue weighted by molar-refractivity contribution is 7.99. The van der Waals surface area contributed by atoms with E-state index in [0.717, 1.165) is 54.6 Å². The van der Waals surface area contributed by atoms with Crippen LogP contribution < -0.4 is 4.90 Å². The summed E-state index contributed by atoms with van der Waals surface area (Å²) >= 11 is 1.49. The second-order valence-electron chi connectivity index (χ2n) is 6.46. The molecular formula is C21H21N5S. The van der Waals surface area contributed by atoms with Crippen molar-refractivity contribution >= 4 is 28.5 Å². The van der Waals surface area contributed by atoms with Crippen molar-refractivity contribution in [3.05, 3.63) is 54.4 Å². The highest BCUT2D eigenvalue weighted by Gasteiger charge is 2.21. The van der Waals surface area contributed by atoms with E-state index in [0.29, 0.717) is 5.75 Å². The van der Waals surface area contributed by atoms with E-state index in [2.05, 4.69) is 56.0 Å². The van der Waals surface area contributed by atoms with Crippen LogP contribution >= 0.6 is 11.8 Å². The van der Waals surface area contributed by atoms with E-state index < -0.39 is 0 Å². The second-order valence-corrected chi connectivity index (χ2v) is 7.41. The molecule has 1 aliphatic heterocycles. The van der Waals surface area contributed by atoms with Gasteiger partial charge in [0.15, 0.2) is 5.16 Å². The van der Waals surface area contributed by atoms with E-state index in [1.54, 1.807) is 12.4 Å². The number of rotatable bonds is 5. The summed E-state index contributed by atoms with van der Waals surface area (Å²) < 4.78 is 0. The number of nitrogens with zero attached hydrogens (tertiary/aromatic N) is 5. The van der Waals surface area contributed by atoms with E-state index in [-0.39, 0.29) is 0 Å². The third-order valence-corrected chi connectivity index (χ3v) is 5.42. The van der Waals surface area contributed by atoms with Crippen molar-refractivity contribution in [1.82, 2.24) is 19.9 Å². The number of aromatic nitrogens is 3. The molecule has 0 unspecified atom stereocenters. The maximum atomic E-state index is 5.39. The fraction of sp³-hybridized carbons (Fsp3) is 0.286. The molecule has 0 atom stereocenters. The Kier molecular flexibility index (Phi) is 5.52. The smallest absolute Gasteiger partial charge is 0.191 e. The Morgan fingerprint density at radius 3 is 2.63 bits per heavy atom. The van der Waals surface area contributed by atoms with Crippen LogP contribution in [0.15, 0.2) is 53.9 Å². The van der Waals surface area contributed by atoms with Crippen LogP contribution in [0.1, 0.15) is 5.56 Å². The van der Waals surface area contributed by atoms with Crippen LogP contribution in [0.3, 0.4) is 0 Å². The number of fused-ring (bicyclic) bond motifs is 1. The van der Waals surface area contributed by atoms with Crippen molar-refractivity contribution < 1.29 is 0 Å². The Hall–Kier alpha value is -2.62. The molecule has 6 heteroatoms. The minimum absolute atomic E-state index is 0.566. The molecule has 0 saturated carbocycles. The zero-order valence-electron chi connectivity index (χ0n) is 15.1. The maximum absolute atomic E-state index is 5.39. The first-order valence-corrected chi connectivity index (χ1v) is 10.0. The average molecular weight is 376 g/mol. The highest BCUT2D eigenvalue weighted by Crippen LogP contribution is 2.27. The van der Waals surface area contributed by atoms with Crippen LogP contribution in [0.4, 0.5) is 5.82 Å². The van der Waals surface area contributed by atoms with Crippen LogP contribution in [0.2, 0.25) is 0 Å². The van der Waals surface area contributed by atoms with Crippen LogP contribution in [0, 0.1) is 12.3 Å². The average Bonchev–Trinajstić information content (AvgIpc) is 2.73. The number of anilines is 1. The number of piperazine rings is 1. The van der Waals surface area contributed by atoms with Crippen LogP contribution in [0.5, 0.6) is 0 Å². The summed E-state index contributed by atoms with van der Waals surface area (Å²) in [4.78, 5) is 18.5. The molecule has 0 N–H and O–H groups in total. The van der Waals surface area contributed by atoms with Crippen LogP contribution in [-0.2, 0) is 6.54 Å². The number of terminal acetylenes is 1. The lowest BCUT2D eigenvalue weighted by molar-refractivity contribution is 0.249. The molecule has 0 bridgehead atoms. The zero-order valence-corrected chi connectivity index (χ0v) is 15.9. The van der Waals surface area contributed by atoms with Gasteiger partial charge in [0.05, 0.1) is 17.5 Å². The molecule has 3 aromatic rings. The lowest BCUT2D eigenvalue weighted by Gasteiger charge is -2.35. The molecule has 4 rings (SSSR count). The van der Waals surface area contributed by atoms with Crippen LogP contribution in [-0.4, -0.2) is 51.8 Å². The summed E-state index contributed by atoms with van der Waals surface area (Å²) in [6.45, 7) is 4.91. The molecule has 136 valence electrons. The summed E-state index contributed by atoms with van der Waals surface area (Å²) in [6.07, 6.45) is 8.99. The van der Waals surface area contributed by atoms with E-state index in [9.17, 15) is 0 Å². The lowest BCUT2D eigenvalue weighted by atomic mass is 10.2. The van der Waals surface area contributed by atoms with Gasteiger partial charge in [0, 0.05) is 44.3 Å². The Morgan fingerprint density at radius 2 is 1.85 bits per heavy atom. The van der Waals surface area contributed by atoms with Crippen molar-refractivity contribution in [2.24, 2.45) is 0 Å². The van der Waals surface area contributed by atoms with Gasteiger partial charge in [0.1, 0.15) is 5.82 Å². The maximum Gasteiger partial charge on any atom is 0.191 e. The standard InChI is InChI=1S/C21H21N5S/c1-2-14-27-21-23-19-15-22-9-8-18(19)20(24-21)26-12-10-25(11-13-26)16-17-6-4-3-5-7-17/h1,3-9,15H,10-14,16H2. The Bertz CT molecular complexity index is 946. The molecule has 1 aromatic carbocycles. The van der Waals surface area contributed by atoms with E-state index >= 15 is 0 Å². The fourth-order valence-corrected chi connectivity index (χ4v) is 3.84. The van der Waals surface area contributed by atoms with Gasteiger partial charge < -0.3 is 4.90 Å². The topological polar surface area (TPSA) is 45.2 Å². The Balaban J connectivity index is 1.52.